The van der Waals surface area contributed by atoms with Crippen LogP contribution in [0.5, 0.6) is 0 Å². The maximum Gasteiger partial charge on any atom is 0.257 e. The molecule has 6 heteroatoms. The smallest absolute Gasteiger partial charge is 0.257 e. The van der Waals surface area contributed by atoms with Crippen LogP contribution in [0.15, 0.2) is 36.7 Å². The molecule has 0 radical (unpaired) electrons. The summed E-state index contributed by atoms with van der Waals surface area (Å²) >= 11 is 0. The molecular weight excluding hydrogens is 230 g/mol. The van der Waals surface area contributed by atoms with Gasteiger partial charge in [-0.05, 0) is 31.2 Å². The Hall–Kier alpha value is -2.47. The van der Waals surface area contributed by atoms with E-state index in [0.29, 0.717) is 17.1 Å². The van der Waals surface area contributed by atoms with Gasteiger partial charge in [0.25, 0.3) is 5.91 Å². The molecule has 6 nitrogen and oxygen atoms in total. The van der Waals surface area contributed by atoms with Crippen LogP contribution in [0.4, 0.5) is 11.5 Å². The number of hydrogen-bond donors (Lipinski definition) is 3. The van der Waals surface area contributed by atoms with Crippen molar-refractivity contribution in [1.82, 2.24) is 9.97 Å². The zero-order valence-corrected chi connectivity index (χ0v) is 9.84. The molecule has 4 N–H and O–H groups in total. The standard InChI is InChI=1S/C12H13N5O/c1-8-2-4-10(7-14-8)16-12(18)9-3-5-11(17-13)15-6-9/h2-7H,13H2,1H3,(H,15,17)(H,16,18). The number of rotatable bonds is 3. The van der Waals surface area contributed by atoms with E-state index in [1.807, 2.05) is 13.0 Å². The molecule has 0 saturated carbocycles. The highest BCUT2D eigenvalue weighted by Crippen LogP contribution is 2.09. The molecule has 0 spiro atoms. The van der Waals surface area contributed by atoms with Gasteiger partial charge in [-0.3, -0.25) is 9.78 Å². The summed E-state index contributed by atoms with van der Waals surface area (Å²) in [5.41, 5.74) is 4.39. The molecule has 0 aliphatic rings. The van der Waals surface area contributed by atoms with Crippen molar-refractivity contribution in [2.45, 2.75) is 6.92 Å². The molecule has 0 bridgehead atoms. The van der Waals surface area contributed by atoms with E-state index in [2.05, 4.69) is 20.7 Å². The van der Waals surface area contributed by atoms with Crippen LogP contribution in [0, 0.1) is 6.92 Å². The molecule has 2 aromatic rings. The van der Waals surface area contributed by atoms with Crippen molar-refractivity contribution < 1.29 is 4.79 Å². The minimum absolute atomic E-state index is 0.239. The van der Waals surface area contributed by atoms with E-state index in [4.69, 9.17) is 5.84 Å². The second-order valence-corrected chi connectivity index (χ2v) is 3.72. The van der Waals surface area contributed by atoms with E-state index >= 15 is 0 Å². The summed E-state index contributed by atoms with van der Waals surface area (Å²) in [5.74, 6) is 5.46. The lowest BCUT2D eigenvalue weighted by Crippen LogP contribution is -2.13. The molecule has 92 valence electrons. The van der Waals surface area contributed by atoms with Gasteiger partial charge in [-0.1, -0.05) is 0 Å². The van der Waals surface area contributed by atoms with Gasteiger partial charge in [-0.2, -0.15) is 0 Å². The molecule has 1 amide bonds. The zero-order chi connectivity index (χ0) is 13.0. The van der Waals surface area contributed by atoms with Gasteiger partial charge in [0.15, 0.2) is 0 Å². The summed E-state index contributed by atoms with van der Waals surface area (Å²) in [7, 11) is 0. The maximum atomic E-state index is 11.9. The molecule has 2 rings (SSSR count). The van der Waals surface area contributed by atoms with Crippen LogP contribution in [0.1, 0.15) is 16.1 Å². The van der Waals surface area contributed by atoms with E-state index in [1.54, 1.807) is 24.4 Å². The Morgan fingerprint density at radius 3 is 2.56 bits per heavy atom. The van der Waals surface area contributed by atoms with Crippen molar-refractivity contribution in [3.63, 3.8) is 0 Å². The lowest BCUT2D eigenvalue weighted by molar-refractivity contribution is 0.102. The van der Waals surface area contributed by atoms with Gasteiger partial charge in [-0.25, -0.2) is 10.8 Å². The normalized spacial score (nSPS) is 9.89. The highest BCUT2D eigenvalue weighted by Gasteiger charge is 2.06. The van der Waals surface area contributed by atoms with Crippen LogP contribution in [0.25, 0.3) is 0 Å². The van der Waals surface area contributed by atoms with Gasteiger partial charge in [-0.15, -0.1) is 0 Å². The Morgan fingerprint density at radius 1 is 1.17 bits per heavy atom. The Bertz CT molecular complexity index is 535. The second-order valence-electron chi connectivity index (χ2n) is 3.72. The summed E-state index contributed by atoms with van der Waals surface area (Å²) in [6.45, 7) is 1.88. The predicted octanol–water partition coefficient (Wildman–Crippen LogP) is 1.32. The van der Waals surface area contributed by atoms with Crippen molar-refractivity contribution in [2.24, 2.45) is 5.84 Å². The molecule has 0 fully saturated rings. The van der Waals surface area contributed by atoms with E-state index in [9.17, 15) is 4.79 Å². The third-order valence-electron chi connectivity index (χ3n) is 2.34. The van der Waals surface area contributed by atoms with Crippen molar-refractivity contribution in [2.75, 3.05) is 10.7 Å². The first kappa shape index (κ1) is 12.0. The van der Waals surface area contributed by atoms with Gasteiger partial charge in [0.1, 0.15) is 5.82 Å². The fourth-order valence-electron chi connectivity index (χ4n) is 1.36. The Labute approximate surface area is 104 Å². The van der Waals surface area contributed by atoms with Crippen LogP contribution in [-0.2, 0) is 0 Å². The van der Waals surface area contributed by atoms with Gasteiger partial charge < -0.3 is 10.7 Å². The molecule has 0 aliphatic heterocycles. The minimum atomic E-state index is -0.239. The number of aromatic nitrogens is 2. The number of nitrogens with two attached hydrogens (primary N) is 1. The number of nitrogen functional groups attached to an aromatic ring is 1. The highest BCUT2D eigenvalue weighted by atomic mass is 16.1. The molecule has 2 heterocycles. The first-order valence-electron chi connectivity index (χ1n) is 5.36. The first-order valence-corrected chi connectivity index (χ1v) is 5.36. The fraction of sp³-hybridized carbons (Fsp3) is 0.0833. The minimum Gasteiger partial charge on any atom is -0.321 e. The highest BCUT2D eigenvalue weighted by molar-refractivity contribution is 6.04. The molecular formula is C12H13N5O. The van der Waals surface area contributed by atoms with Crippen LogP contribution in [0.3, 0.4) is 0 Å². The molecule has 2 aromatic heterocycles. The number of hydrazine groups is 1. The zero-order valence-electron chi connectivity index (χ0n) is 9.84. The number of nitrogens with zero attached hydrogens (tertiary/aromatic N) is 2. The first-order chi connectivity index (χ1) is 8.69. The monoisotopic (exact) mass is 243 g/mol. The average molecular weight is 243 g/mol. The van der Waals surface area contributed by atoms with E-state index in [1.165, 1.54) is 6.20 Å². The topological polar surface area (TPSA) is 92.9 Å². The van der Waals surface area contributed by atoms with Crippen LogP contribution in [0.2, 0.25) is 0 Å². The summed E-state index contributed by atoms with van der Waals surface area (Å²) in [6.07, 6.45) is 3.06. The van der Waals surface area contributed by atoms with Crippen molar-refractivity contribution >= 4 is 17.4 Å². The number of carbonyl (C=O) groups is 1. The molecule has 0 unspecified atom stereocenters. The van der Waals surface area contributed by atoms with E-state index in [0.717, 1.165) is 5.69 Å². The van der Waals surface area contributed by atoms with Gasteiger partial charge in [0, 0.05) is 11.9 Å². The summed E-state index contributed by atoms with van der Waals surface area (Å²) in [6, 6.07) is 6.89. The summed E-state index contributed by atoms with van der Waals surface area (Å²) < 4.78 is 0. The van der Waals surface area contributed by atoms with Crippen molar-refractivity contribution in [3.05, 3.63) is 47.9 Å². The van der Waals surface area contributed by atoms with Crippen LogP contribution < -0.4 is 16.6 Å². The van der Waals surface area contributed by atoms with Crippen LogP contribution in [-0.4, -0.2) is 15.9 Å². The SMILES string of the molecule is Cc1ccc(NC(=O)c2ccc(NN)nc2)cn1. The number of aryl methyl sites for hydroxylation is 1. The number of nitrogens with one attached hydrogen (secondary N) is 2. The Kier molecular flexibility index (Phi) is 3.49. The number of carbonyl (C=O) groups excluding carboxylic acids is 1. The maximum absolute atomic E-state index is 11.9. The van der Waals surface area contributed by atoms with Crippen LogP contribution >= 0.6 is 0 Å². The number of anilines is 2. The third kappa shape index (κ3) is 2.80. The quantitative estimate of drug-likeness (QED) is 0.558. The predicted molar refractivity (Wildman–Crippen MR) is 69.0 cm³/mol. The Morgan fingerprint density at radius 2 is 2.00 bits per heavy atom. The second kappa shape index (κ2) is 5.24. The lowest BCUT2D eigenvalue weighted by Gasteiger charge is -2.05. The summed E-state index contributed by atoms with van der Waals surface area (Å²) in [5, 5.41) is 2.73. The van der Waals surface area contributed by atoms with Gasteiger partial charge >= 0.3 is 0 Å². The third-order valence-corrected chi connectivity index (χ3v) is 2.34. The molecule has 0 saturated heterocycles. The molecule has 0 atom stereocenters. The summed E-state index contributed by atoms with van der Waals surface area (Å²) in [4.78, 5) is 19.9. The van der Waals surface area contributed by atoms with E-state index < -0.39 is 0 Å². The molecule has 0 aliphatic carbocycles. The van der Waals surface area contributed by atoms with Crippen molar-refractivity contribution in [1.29, 1.82) is 0 Å². The van der Waals surface area contributed by atoms with Gasteiger partial charge in [0.05, 0.1) is 17.4 Å². The Balaban J connectivity index is 2.09. The largest absolute Gasteiger partial charge is 0.321 e. The lowest BCUT2D eigenvalue weighted by atomic mass is 10.2. The number of amides is 1. The molecule has 18 heavy (non-hydrogen) atoms. The van der Waals surface area contributed by atoms with Gasteiger partial charge in [0.2, 0.25) is 0 Å². The molecule has 0 aromatic carbocycles. The van der Waals surface area contributed by atoms with E-state index in [-0.39, 0.29) is 5.91 Å². The fourth-order valence-corrected chi connectivity index (χ4v) is 1.36. The van der Waals surface area contributed by atoms with Crippen molar-refractivity contribution in [3.8, 4) is 0 Å². The average Bonchev–Trinajstić information content (AvgIpc) is 2.41. The number of hydrogen-bond acceptors (Lipinski definition) is 5. The number of pyridine rings is 2.